The number of para-hydroxylation sites is 2. The molecule has 280 valence electrons. The van der Waals surface area contributed by atoms with E-state index in [1.165, 1.54) is 16.2 Å². The first-order chi connectivity index (χ1) is 29.7. The van der Waals surface area contributed by atoms with E-state index in [-0.39, 0.29) is 0 Å². The van der Waals surface area contributed by atoms with Crippen LogP contribution in [0.3, 0.4) is 0 Å². The van der Waals surface area contributed by atoms with Crippen molar-refractivity contribution < 1.29 is 4.42 Å². The summed E-state index contributed by atoms with van der Waals surface area (Å²) in [5.74, 6) is 2.42. The zero-order valence-corrected chi connectivity index (χ0v) is 31.9. The summed E-state index contributed by atoms with van der Waals surface area (Å²) in [4.78, 5) is 29.5. The minimum Gasteiger partial charge on any atom is -0.434 e. The Bertz CT molecular complexity index is 3560. The Morgan fingerprint density at radius 1 is 0.367 bits per heavy atom. The van der Waals surface area contributed by atoms with Gasteiger partial charge in [0.05, 0.1) is 22.6 Å². The number of fused-ring (bicyclic) bond motifs is 7. The van der Waals surface area contributed by atoms with Crippen LogP contribution < -0.4 is 0 Å². The molecule has 0 aliphatic rings. The van der Waals surface area contributed by atoms with Crippen molar-refractivity contribution in [3.63, 3.8) is 0 Å². The Labute approximate surface area is 343 Å². The maximum Gasteiger partial charge on any atom is 0.229 e. The fraction of sp³-hybridized carbons (Fsp3) is 0. The van der Waals surface area contributed by atoms with Crippen LogP contribution >= 0.6 is 0 Å². The largest absolute Gasteiger partial charge is 0.434 e. The minimum atomic E-state index is 0.517. The fourth-order valence-electron chi connectivity index (χ4n) is 8.22. The Morgan fingerprint density at radius 3 is 1.73 bits per heavy atom. The molecule has 0 saturated heterocycles. The molecule has 8 heteroatoms. The molecule has 0 fully saturated rings. The van der Waals surface area contributed by atoms with Gasteiger partial charge in [-0.3, -0.25) is 0 Å². The smallest absolute Gasteiger partial charge is 0.229 e. The average molecular weight is 770 g/mol. The quantitative estimate of drug-likeness (QED) is 0.166. The average Bonchev–Trinajstić information content (AvgIpc) is 3.87. The summed E-state index contributed by atoms with van der Waals surface area (Å²) in [6.07, 6.45) is 3.56. The molecule has 0 saturated carbocycles. The highest BCUT2D eigenvalue weighted by molar-refractivity contribution is 6.09. The van der Waals surface area contributed by atoms with Gasteiger partial charge >= 0.3 is 0 Å². The van der Waals surface area contributed by atoms with Gasteiger partial charge in [-0.2, -0.15) is 0 Å². The van der Waals surface area contributed by atoms with Gasteiger partial charge < -0.3 is 8.98 Å². The van der Waals surface area contributed by atoms with Crippen molar-refractivity contribution in [1.82, 2.24) is 34.5 Å². The number of rotatable bonds is 6. The SMILES string of the molecule is c1ccc(-c2nc(-c3ccc(-c4cnc5oc6cnc(-c7ccc8ccccc8c7)nc6c5c4)cc3)nc(-c3cccc(-n4c5ccccc5c5ccccc54)c3)n2)cc1. The van der Waals surface area contributed by atoms with Crippen LogP contribution in [0.25, 0.3) is 117 Å². The molecule has 0 bridgehead atoms. The molecule has 0 aliphatic heterocycles. The summed E-state index contributed by atoms with van der Waals surface area (Å²) < 4.78 is 8.39. The monoisotopic (exact) mass is 769 g/mol. The summed E-state index contributed by atoms with van der Waals surface area (Å²) in [5.41, 5.74) is 10.7. The Hall–Kier alpha value is -8.36. The van der Waals surface area contributed by atoms with Crippen molar-refractivity contribution >= 4 is 54.8 Å². The second kappa shape index (κ2) is 13.6. The van der Waals surface area contributed by atoms with E-state index in [1.807, 2.05) is 48.7 Å². The third-order valence-corrected chi connectivity index (χ3v) is 11.2. The van der Waals surface area contributed by atoms with Crippen LogP contribution in [0.4, 0.5) is 0 Å². The van der Waals surface area contributed by atoms with Crippen molar-refractivity contribution in [2.75, 3.05) is 0 Å². The van der Waals surface area contributed by atoms with Gasteiger partial charge in [-0.15, -0.1) is 0 Å². The van der Waals surface area contributed by atoms with Gasteiger partial charge in [-0.05, 0) is 52.7 Å². The van der Waals surface area contributed by atoms with E-state index >= 15 is 0 Å². The topological polar surface area (TPSA) is 95.4 Å². The molecule has 5 heterocycles. The Kier molecular flexibility index (Phi) is 7.67. The number of hydrogen-bond acceptors (Lipinski definition) is 7. The highest BCUT2D eigenvalue weighted by Crippen LogP contribution is 2.35. The van der Waals surface area contributed by atoms with Gasteiger partial charge in [-0.1, -0.05) is 140 Å². The van der Waals surface area contributed by atoms with E-state index < -0.39 is 0 Å². The summed E-state index contributed by atoms with van der Waals surface area (Å²) in [6.45, 7) is 0. The second-order valence-electron chi connectivity index (χ2n) is 14.8. The lowest BCUT2D eigenvalue weighted by Gasteiger charge is -2.12. The van der Waals surface area contributed by atoms with E-state index in [4.69, 9.17) is 29.3 Å². The van der Waals surface area contributed by atoms with E-state index in [9.17, 15) is 0 Å². The third kappa shape index (κ3) is 5.69. The lowest BCUT2D eigenvalue weighted by atomic mass is 10.0. The molecule has 12 rings (SSSR count). The van der Waals surface area contributed by atoms with Gasteiger partial charge in [0.15, 0.2) is 28.9 Å². The highest BCUT2D eigenvalue weighted by Gasteiger charge is 2.17. The molecule has 7 aromatic carbocycles. The van der Waals surface area contributed by atoms with E-state index in [0.717, 1.165) is 66.4 Å². The van der Waals surface area contributed by atoms with Crippen molar-refractivity contribution in [1.29, 1.82) is 0 Å². The first-order valence-electron chi connectivity index (χ1n) is 19.8. The van der Waals surface area contributed by atoms with Crippen LogP contribution in [-0.2, 0) is 0 Å². The van der Waals surface area contributed by atoms with Crippen molar-refractivity contribution in [2.45, 2.75) is 0 Å². The number of furan rings is 1. The van der Waals surface area contributed by atoms with E-state index in [1.54, 1.807) is 6.20 Å². The predicted molar refractivity (Wildman–Crippen MR) is 240 cm³/mol. The lowest BCUT2D eigenvalue weighted by molar-refractivity contribution is 0.651. The zero-order valence-electron chi connectivity index (χ0n) is 31.9. The number of aromatic nitrogens is 7. The van der Waals surface area contributed by atoms with Crippen molar-refractivity contribution in [2.24, 2.45) is 0 Å². The first kappa shape index (κ1) is 33.7. The van der Waals surface area contributed by atoms with Gasteiger partial charge in [0, 0.05) is 50.5 Å². The molecule has 0 N–H and O–H groups in total. The number of hydrogen-bond donors (Lipinski definition) is 0. The molecule has 0 unspecified atom stereocenters. The van der Waals surface area contributed by atoms with E-state index in [0.29, 0.717) is 34.6 Å². The highest BCUT2D eigenvalue weighted by atomic mass is 16.3. The molecule has 0 radical (unpaired) electrons. The third-order valence-electron chi connectivity index (χ3n) is 11.2. The molecule has 8 nitrogen and oxygen atoms in total. The molecule has 60 heavy (non-hydrogen) atoms. The maximum atomic E-state index is 6.08. The van der Waals surface area contributed by atoms with Crippen LogP contribution in [0.1, 0.15) is 0 Å². The minimum absolute atomic E-state index is 0.517. The number of nitrogens with zero attached hydrogens (tertiary/aromatic N) is 7. The van der Waals surface area contributed by atoms with Gasteiger partial charge in [-0.25, -0.2) is 29.9 Å². The summed E-state index contributed by atoms with van der Waals surface area (Å²) in [7, 11) is 0. The normalized spacial score (nSPS) is 11.7. The molecular weight excluding hydrogens is 739 g/mol. The van der Waals surface area contributed by atoms with Crippen LogP contribution in [0.15, 0.2) is 193 Å². The number of pyridine rings is 1. The summed E-state index contributed by atoms with van der Waals surface area (Å²) >= 11 is 0. The summed E-state index contributed by atoms with van der Waals surface area (Å²) in [6, 6.07) is 60.4. The van der Waals surface area contributed by atoms with Crippen LogP contribution in [0, 0.1) is 0 Å². The summed E-state index contributed by atoms with van der Waals surface area (Å²) in [5, 5.41) is 5.56. The molecule has 12 aromatic rings. The predicted octanol–water partition coefficient (Wildman–Crippen LogP) is 12.5. The van der Waals surface area contributed by atoms with E-state index in [2.05, 4.69) is 143 Å². The Balaban J connectivity index is 0.921. The maximum absolute atomic E-state index is 6.08. The Morgan fingerprint density at radius 2 is 0.967 bits per heavy atom. The molecular formula is C52H31N7O. The van der Waals surface area contributed by atoms with Gasteiger partial charge in [0.1, 0.15) is 5.52 Å². The standard InChI is InChI=1S/C52H31N7O/c1-2-12-34(13-3-1)49-56-50(58-51(57-49)37-15-10-16-40(28-37)59-44-19-8-6-17-41(44)42-18-7-9-20-45(42)59)35-24-21-33(22-25-35)39-29-43-47-46(60-52(43)54-30-39)31-53-48(55-47)38-26-23-32-11-4-5-14-36(32)27-38/h1-31H. The van der Waals surface area contributed by atoms with Gasteiger partial charge in [0.2, 0.25) is 5.71 Å². The second-order valence-corrected chi connectivity index (χ2v) is 14.8. The van der Waals surface area contributed by atoms with Crippen molar-refractivity contribution in [3.8, 4) is 62.4 Å². The first-order valence-corrected chi connectivity index (χ1v) is 19.8. The molecule has 5 aromatic heterocycles. The fourth-order valence-corrected chi connectivity index (χ4v) is 8.22. The van der Waals surface area contributed by atoms with Crippen LogP contribution in [-0.4, -0.2) is 34.5 Å². The van der Waals surface area contributed by atoms with Gasteiger partial charge in [0.25, 0.3) is 0 Å². The van der Waals surface area contributed by atoms with Crippen LogP contribution in [0.2, 0.25) is 0 Å². The molecule has 0 spiro atoms. The lowest BCUT2D eigenvalue weighted by Crippen LogP contribution is -2.01. The van der Waals surface area contributed by atoms with Crippen LogP contribution in [0.5, 0.6) is 0 Å². The molecule has 0 atom stereocenters. The number of benzene rings is 7. The zero-order chi connectivity index (χ0) is 39.6. The molecule has 0 aliphatic carbocycles. The van der Waals surface area contributed by atoms with Crippen molar-refractivity contribution in [3.05, 3.63) is 188 Å². The molecule has 0 amide bonds.